The Labute approximate surface area is 161 Å². The number of halogens is 1. The minimum atomic E-state index is -0.219. The fourth-order valence-electron chi connectivity index (χ4n) is 2.95. The number of rotatable bonds is 4. The van der Waals surface area contributed by atoms with Gasteiger partial charge in [0, 0.05) is 11.1 Å². The van der Waals surface area contributed by atoms with Crippen molar-refractivity contribution in [1.82, 2.24) is 4.57 Å². The molecule has 1 aromatic heterocycles. The Morgan fingerprint density at radius 2 is 1.48 bits per heavy atom. The number of para-hydroxylation sites is 3. The first-order chi connectivity index (χ1) is 13.3. The Kier molecular flexibility index (Phi) is 4.73. The zero-order valence-electron chi connectivity index (χ0n) is 14.3. The molecule has 0 atom stereocenters. The van der Waals surface area contributed by atoms with E-state index in [1.54, 1.807) is 4.57 Å². The minimum absolute atomic E-state index is 0.219. The first kappa shape index (κ1) is 17.1. The van der Waals surface area contributed by atoms with Gasteiger partial charge in [-0.3, -0.25) is 14.8 Å². The molecule has 0 unspecified atom stereocenters. The lowest BCUT2D eigenvalue weighted by atomic mass is 10.1. The lowest BCUT2D eigenvalue weighted by Crippen LogP contribution is -2.23. The van der Waals surface area contributed by atoms with E-state index in [1.165, 1.54) is 6.21 Å². The second-order valence-electron chi connectivity index (χ2n) is 5.96. The van der Waals surface area contributed by atoms with Gasteiger partial charge in [0.2, 0.25) is 0 Å². The first-order valence-corrected chi connectivity index (χ1v) is 8.86. The average molecular weight is 374 g/mol. The molecule has 0 bridgehead atoms. The molecule has 132 valence electrons. The number of nitrogens with one attached hydrogen (secondary N) is 1. The molecule has 0 spiro atoms. The Balaban J connectivity index is 1.87. The van der Waals surface area contributed by atoms with E-state index in [1.807, 2.05) is 84.9 Å². The monoisotopic (exact) mass is 373 g/mol. The van der Waals surface area contributed by atoms with E-state index in [9.17, 15) is 4.79 Å². The SMILES string of the molecule is O=c1c(/C=N/Nc2ccccc2)c(Cl)c2ccccc2n1-c1ccccc1. The highest BCUT2D eigenvalue weighted by Crippen LogP contribution is 2.26. The van der Waals surface area contributed by atoms with Crippen molar-refractivity contribution in [1.29, 1.82) is 0 Å². The van der Waals surface area contributed by atoms with Gasteiger partial charge in [-0.05, 0) is 30.3 Å². The topological polar surface area (TPSA) is 46.4 Å². The number of hydrogen-bond acceptors (Lipinski definition) is 3. The predicted octanol–water partition coefficient (Wildman–Crippen LogP) is 5.09. The first-order valence-electron chi connectivity index (χ1n) is 8.48. The maximum absolute atomic E-state index is 13.2. The summed E-state index contributed by atoms with van der Waals surface area (Å²) in [4.78, 5) is 13.2. The predicted molar refractivity (Wildman–Crippen MR) is 112 cm³/mol. The Morgan fingerprint density at radius 1 is 0.852 bits per heavy atom. The van der Waals surface area contributed by atoms with Crippen LogP contribution in [0.25, 0.3) is 16.6 Å². The molecule has 3 aromatic carbocycles. The van der Waals surface area contributed by atoms with Gasteiger partial charge >= 0.3 is 0 Å². The van der Waals surface area contributed by atoms with Crippen LogP contribution in [0.15, 0.2) is 94.8 Å². The Bertz CT molecular complexity index is 1170. The summed E-state index contributed by atoms with van der Waals surface area (Å²) in [7, 11) is 0. The summed E-state index contributed by atoms with van der Waals surface area (Å²) >= 11 is 6.56. The normalized spacial score (nSPS) is 11.1. The summed E-state index contributed by atoms with van der Waals surface area (Å²) in [5.74, 6) is 0. The van der Waals surface area contributed by atoms with Crippen molar-refractivity contribution in [2.24, 2.45) is 5.10 Å². The van der Waals surface area contributed by atoms with E-state index >= 15 is 0 Å². The largest absolute Gasteiger partial charge is 0.279 e. The molecule has 0 saturated carbocycles. The molecular weight excluding hydrogens is 358 g/mol. The molecule has 0 saturated heterocycles. The van der Waals surface area contributed by atoms with Crippen molar-refractivity contribution in [2.45, 2.75) is 0 Å². The number of benzene rings is 3. The molecule has 0 aliphatic heterocycles. The zero-order valence-corrected chi connectivity index (χ0v) is 15.1. The number of nitrogens with zero attached hydrogens (tertiary/aromatic N) is 2. The molecule has 27 heavy (non-hydrogen) atoms. The van der Waals surface area contributed by atoms with E-state index in [0.29, 0.717) is 10.6 Å². The standard InChI is InChI=1S/C22H16ClN3O/c23-21-18-13-7-8-14-20(18)26(17-11-5-2-6-12-17)22(27)19(21)15-24-25-16-9-3-1-4-10-16/h1-15,25H/b24-15+. The Morgan fingerprint density at radius 3 is 2.22 bits per heavy atom. The van der Waals surface area contributed by atoms with Crippen molar-refractivity contribution < 1.29 is 0 Å². The third-order valence-corrected chi connectivity index (χ3v) is 4.63. The van der Waals surface area contributed by atoms with Gasteiger partial charge in [-0.2, -0.15) is 5.10 Å². The zero-order chi connectivity index (χ0) is 18.6. The van der Waals surface area contributed by atoms with Gasteiger partial charge in [0.15, 0.2) is 0 Å². The molecule has 0 aliphatic rings. The lowest BCUT2D eigenvalue weighted by molar-refractivity contribution is 1.04. The van der Waals surface area contributed by atoms with Crippen molar-refractivity contribution in [3.8, 4) is 5.69 Å². The van der Waals surface area contributed by atoms with E-state index in [2.05, 4.69) is 10.5 Å². The summed E-state index contributed by atoms with van der Waals surface area (Å²) in [6.07, 6.45) is 1.48. The van der Waals surface area contributed by atoms with Crippen LogP contribution in [0.4, 0.5) is 5.69 Å². The number of hydrogen-bond donors (Lipinski definition) is 1. The van der Waals surface area contributed by atoms with Crippen LogP contribution in [-0.4, -0.2) is 10.8 Å². The summed E-state index contributed by atoms with van der Waals surface area (Å²) in [5.41, 5.74) is 5.40. The van der Waals surface area contributed by atoms with Gasteiger partial charge in [0.1, 0.15) is 0 Å². The maximum Gasteiger partial charge on any atom is 0.266 e. The molecule has 4 rings (SSSR count). The molecule has 4 nitrogen and oxygen atoms in total. The maximum atomic E-state index is 13.2. The van der Waals surface area contributed by atoms with Crippen LogP contribution in [0, 0.1) is 0 Å². The highest BCUT2D eigenvalue weighted by atomic mass is 35.5. The van der Waals surface area contributed by atoms with Crippen LogP contribution < -0.4 is 11.0 Å². The van der Waals surface area contributed by atoms with E-state index in [4.69, 9.17) is 11.6 Å². The van der Waals surface area contributed by atoms with Crippen LogP contribution in [0.2, 0.25) is 5.02 Å². The number of pyridine rings is 1. The van der Waals surface area contributed by atoms with Crippen molar-refractivity contribution in [2.75, 3.05) is 5.43 Å². The molecule has 4 aromatic rings. The smallest absolute Gasteiger partial charge is 0.266 e. The summed E-state index contributed by atoms with van der Waals surface area (Å²) in [6, 6.07) is 26.6. The molecular formula is C22H16ClN3O. The van der Waals surface area contributed by atoms with Crippen molar-refractivity contribution >= 4 is 34.4 Å². The van der Waals surface area contributed by atoms with E-state index < -0.39 is 0 Å². The highest BCUT2D eigenvalue weighted by molar-refractivity contribution is 6.37. The average Bonchev–Trinajstić information content (AvgIpc) is 2.72. The number of aromatic nitrogens is 1. The third-order valence-electron chi connectivity index (χ3n) is 4.23. The summed E-state index contributed by atoms with van der Waals surface area (Å²) in [5, 5.41) is 5.39. The molecule has 0 fully saturated rings. The Hall–Kier alpha value is -3.37. The quantitative estimate of drug-likeness (QED) is 0.400. The second kappa shape index (κ2) is 7.48. The fraction of sp³-hybridized carbons (Fsp3) is 0. The third kappa shape index (κ3) is 3.35. The second-order valence-corrected chi connectivity index (χ2v) is 6.33. The van der Waals surface area contributed by atoms with Gasteiger partial charge in [0.25, 0.3) is 5.56 Å². The fourth-order valence-corrected chi connectivity index (χ4v) is 3.24. The van der Waals surface area contributed by atoms with Gasteiger partial charge < -0.3 is 0 Å². The van der Waals surface area contributed by atoms with Gasteiger partial charge in [-0.25, -0.2) is 0 Å². The molecule has 0 radical (unpaired) electrons. The molecule has 1 heterocycles. The molecule has 1 N–H and O–H groups in total. The van der Waals surface area contributed by atoms with E-state index in [0.717, 1.165) is 22.3 Å². The van der Waals surface area contributed by atoms with Crippen molar-refractivity contribution in [3.63, 3.8) is 0 Å². The summed E-state index contributed by atoms with van der Waals surface area (Å²) < 4.78 is 1.66. The van der Waals surface area contributed by atoms with Crippen LogP contribution in [0.5, 0.6) is 0 Å². The van der Waals surface area contributed by atoms with Gasteiger partial charge in [-0.15, -0.1) is 0 Å². The highest BCUT2D eigenvalue weighted by Gasteiger charge is 2.15. The van der Waals surface area contributed by atoms with E-state index in [-0.39, 0.29) is 5.56 Å². The van der Waals surface area contributed by atoms with Gasteiger partial charge in [0.05, 0.1) is 28.0 Å². The minimum Gasteiger partial charge on any atom is -0.279 e. The molecule has 0 amide bonds. The van der Waals surface area contributed by atoms with Crippen LogP contribution in [0.1, 0.15) is 5.56 Å². The number of fused-ring (bicyclic) bond motifs is 1. The van der Waals surface area contributed by atoms with Crippen LogP contribution >= 0.6 is 11.6 Å². The number of hydrazone groups is 1. The summed E-state index contributed by atoms with van der Waals surface area (Å²) in [6.45, 7) is 0. The molecule has 0 aliphatic carbocycles. The lowest BCUT2D eigenvalue weighted by Gasteiger charge is -2.13. The molecule has 5 heteroatoms. The number of anilines is 1. The van der Waals surface area contributed by atoms with Crippen LogP contribution in [-0.2, 0) is 0 Å². The van der Waals surface area contributed by atoms with Gasteiger partial charge in [-0.1, -0.05) is 66.2 Å². The van der Waals surface area contributed by atoms with Crippen molar-refractivity contribution in [3.05, 3.63) is 106 Å². The van der Waals surface area contributed by atoms with Crippen LogP contribution in [0.3, 0.4) is 0 Å².